The van der Waals surface area contributed by atoms with E-state index in [1.807, 2.05) is 20.8 Å². The SMILES string of the molecule is Cc1cc(C)c(N2CCC(NS(=O)(=O)C3CC3)C2=O)c(C)c1. The highest BCUT2D eigenvalue weighted by atomic mass is 32.2. The van der Waals surface area contributed by atoms with Gasteiger partial charge in [0.1, 0.15) is 6.04 Å². The molecule has 1 saturated heterocycles. The summed E-state index contributed by atoms with van der Waals surface area (Å²) < 4.78 is 26.7. The highest BCUT2D eigenvalue weighted by molar-refractivity contribution is 7.90. The van der Waals surface area contributed by atoms with Gasteiger partial charge in [-0.3, -0.25) is 4.79 Å². The molecule has 1 aliphatic heterocycles. The summed E-state index contributed by atoms with van der Waals surface area (Å²) in [5.74, 6) is -0.140. The van der Waals surface area contributed by atoms with Crippen LogP contribution in [0.3, 0.4) is 0 Å². The Morgan fingerprint density at radius 2 is 1.68 bits per heavy atom. The maximum absolute atomic E-state index is 12.6. The molecule has 1 N–H and O–H groups in total. The van der Waals surface area contributed by atoms with E-state index in [2.05, 4.69) is 16.9 Å². The van der Waals surface area contributed by atoms with Gasteiger partial charge in [0.2, 0.25) is 15.9 Å². The number of benzene rings is 1. The predicted molar refractivity (Wildman–Crippen MR) is 86.5 cm³/mol. The van der Waals surface area contributed by atoms with E-state index in [-0.39, 0.29) is 11.2 Å². The fourth-order valence-electron chi connectivity index (χ4n) is 3.28. The van der Waals surface area contributed by atoms with Gasteiger partial charge in [-0.1, -0.05) is 17.7 Å². The van der Waals surface area contributed by atoms with Crippen molar-refractivity contribution in [2.24, 2.45) is 0 Å². The van der Waals surface area contributed by atoms with Crippen LogP contribution in [0.25, 0.3) is 0 Å². The fourth-order valence-corrected chi connectivity index (χ4v) is 4.85. The monoisotopic (exact) mass is 322 g/mol. The maximum atomic E-state index is 12.6. The zero-order chi connectivity index (χ0) is 16.1. The Morgan fingerprint density at radius 1 is 1.09 bits per heavy atom. The van der Waals surface area contributed by atoms with Gasteiger partial charge in [0.05, 0.1) is 5.25 Å². The van der Waals surface area contributed by atoms with Gasteiger partial charge in [0.25, 0.3) is 0 Å². The number of nitrogens with one attached hydrogen (secondary N) is 1. The van der Waals surface area contributed by atoms with Gasteiger partial charge in [0.15, 0.2) is 0 Å². The minimum atomic E-state index is -3.33. The van der Waals surface area contributed by atoms with Crippen LogP contribution in [0.5, 0.6) is 0 Å². The number of nitrogens with zero attached hydrogens (tertiary/aromatic N) is 1. The molecule has 1 aliphatic carbocycles. The molecular weight excluding hydrogens is 300 g/mol. The van der Waals surface area contributed by atoms with E-state index in [1.165, 1.54) is 0 Å². The third kappa shape index (κ3) is 2.77. The number of sulfonamides is 1. The zero-order valence-corrected chi connectivity index (χ0v) is 14.0. The van der Waals surface area contributed by atoms with Crippen molar-refractivity contribution in [3.05, 3.63) is 28.8 Å². The summed E-state index contributed by atoms with van der Waals surface area (Å²) in [7, 11) is -3.33. The van der Waals surface area contributed by atoms with Gasteiger partial charge in [-0.2, -0.15) is 0 Å². The molecule has 0 aromatic heterocycles. The molecule has 5 nitrogen and oxygen atoms in total. The van der Waals surface area contributed by atoms with Crippen LogP contribution >= 0.6 is 0 Å². The Bertz CT molecular complexity index is 700. The minimum Gasteiger partial charge on any atom is -0.310 e. The quantitative estimate of drug-likeness (QED) is 0.919. The summed E-state index contributed by atoms with van der Waals surface area (Å²) in [5, 5.41) is -0.294. The molecule has 1 heterocycles. The topological polar surface area (TPSA) is 66.5 Å². The highest BCUT2D eigenvalue weighted by Crippen LogP contribution is 2.32. The molecule has 2 fully saturated rings. The van der Waals surface area contributed by atoms with Gasteiger partial charge in [-0.05, 0) is 51.2 Å². The molecular formula is C16H22N2O3S. The smallest absolute Gasteiger partial charge is 0.245 e. The minimum absolute atomic E-state index is 0.140. The summed E-state index contributed by atoms with van der Waals surface area (Å²) >= 11 is 0. The lowest BCUT2D eigenvalue weighted by molar-refractivity contribution is -0.118. The van der Waals surface area contributed by atoms with Crippen molar-refractivity contribution < 1.29 is 13.2 Å². The van der Waals surface area contributed by atoms with E-state index in [4.69, 9.17) is 0 Å². The molecule has 1 saturated carbocycles. The van der Waals surface area contributed by atoms with Gasteiger partial charge in [0, 0.05) is 12.2 Å². The van der Waals surface area contributed by atoms with Crippen molar-refractivity contribution in [2.45, 2.75) is 51.3 Å². The van der Waals surface area contributed by atoms with E-state index in [9.17, 15) is 13.2 Å². The van der Waals surface area contributed by atoms with Crippen LogP contribution in [0, 0.1) is 20.8 Å². The Hall–Kier alpha value is -1.40. The molecule has 1 aromatic carbocycles. The first-order valence-electron chi connectivity index (χ1n) is 7.70. The Morgan fingerprint density at radius 3 is 2.23 bits per heavy atom. The number of rotatable bonds is 4. The number of anilines is 1. The number of hydrogen-bond donors (Lipinski definition) is 1. The third-order valence-electron chi connectivity index (χ3n) is 4.38. The fraction of sp³-hybridized carbons (Fsp3) is 0.562. The molecule has 0 bridgehead atoms. The Labute approximate surface area is 131 Å². The van der Waals surface area contributed by atoms with Crippen LogP contribution in [0.15, 0.2) is 12.1 Å². The van der Waals surface area contributed by atoms with Crippen molar-refractivity contribution in [1.29, 1.82) is 0 Å². The summed E-state index contributed by atoms with van der Waals surface area (Å²) in [6, 6.07) is 3.49. The standard InChI is InChI=1S/C16H22N2O3S/c1-10-8-11(2)15(12(3)9-10)18-7-6-14(16(18)19)17-22(20,21)13-4-5-13/h8-9,13-14,17H,4-7H2,1-3H3. The van der Waals surface area contributed by atoms with Crippen LogP contribution in [0.2, 0.25) is 0 Å². The molecule has 3 rings (SSSR count). The summed E-state index contributed by atoms with van der Waals surface area (Å²) in [6.45, 7) is 6.57. The summed E-state index contributed by atoms with van der Waals surface area (Å²) in [5.41, 5.74) is 4.19. The van der Waals surface area contributed by atoms with Crippen LogP contribution in [-0.4, -0.2) is 32.2 Å². The van der Waals surface area contributed by atoms with Gasteiger partial charge >= 0.3 is 0 Å². The van der Waals surface area contributed by atoms with Crippen LogP contribution in [0.1, 0.15) is 36.0 Å². The zero-order valence-electron chi connectivity index (χ0n) is 13.2. The second kappa shape index (κ2) is 5.35. The lowest BCUT2D eigenvalue weighted by Gasteiger charge is -2.22. The van der Waals surface area contributed by atoms with Crippen molar-refractivity contribution in [1.82, 2.24) is 4.72 Å². The van der Waals surface area contributed by atoms with Crippen LogP contribution in [-0.2, 0) is 14.8 Å². The average molecular weight is 322 g/mol. The second-order valence-corrected chi connectivity index (χ2v) is 8.43. The molecule has 120 valence electrons. The number of hydrogen-bond acceptors (Lipinski definition) is 3. The van der Waals surface area contributed by atoms with Crippen LogP contribution < -0.4 is 9.62 Å². The van der Waals surface area contributed by atoms with Gasteiger partial charge in [-0.15, -0.1) is 0 Å². The predicted octanol–water partition coefficient (Wildman–Crippen LogP) is 1.80. The molecule has 22 heavy (non-hydrogen) atoms. The largest absolute Gasteiger partial charge is 0.310 e. The molecule has 1 aromatic rings. The van der Waals surface area contributed by atoms with Crippen molar-refractivity contribution in [3.8, 4) is 0 Å². The average Bonchev–Trinajstić information content (AvgIpc) is 3.19. The highest BCUT2D eigenvalue weighted by Gasteiger charge is 2.41. The lowest BCUT2D eigenvalue weighted by Crippen LogP contribution is -2.43. The van der Waals surface area contributed by atoms with Gasteiger partial charge < -0.3 is 4.90 Å². The second-order valence-electron chi connectivity index (χ2n) is 6.44. The first kappa shape index (κ1) is 15.5. The number of aryl methyl sites for hydroxylation is 3. The number of carbonyl (C=O) groups is 1. The molecule has 0 radical (unpaired) electrons. The van der Waals surface area contributed by atoms with E-state index in [0.717, 1.165) is 22.4 Å². The Balaban J connectivity index is 1.82. The number of amides is 1. The lowest BCUT2D eigenvalue weighted by atomic mass is 10.0. The molecule has 1 amide bonds. The Kier molecular flexibility index (Phi) is 3.77. The number of carbonyl (C=O) groups excluding carboxylic acids is 1. The summed E-state index contributed by atoms with van der Waals surface area (Å²) in [4.78, 5) is 14.3. The van der Waals surface area contributed by atoms with Crippen molar-refractivity contribution in [2.75, 3.05) is 11.4 Å². The van der Waals surface area contributed by atoms with Crippen molar-refractivity contribution >= 4 is 21.6 Å². The van der Waals surface area contributed by atoms with Crippen LogP contribution in [0.4, 0.5) is 5.69 Å². The molecule has 1 unspecified atom stereocenters. The molecule has 2 aliphatic rings. The molecule has 1 atom stereocenters. The van der Waals surface area contributed by atoms with Gasteiger partial charge in [-0.25, -0.2) is 13.1 Å². The van der Waals surface area contributed by atoms with E-state index in [1.54, 1.807) is 4.90 Å². The van der Waals surface area contributed by atoms with E-state index >= 15 is 0 Å². The van der Waals surface area contributed by atoms with E-state index in [0.29, 0.717) is 25.8 Å². The maximum Gasteiger partial charge on any atom is 0.245 e. The first-order chi connectivity index (χ1) is 10.3. The summed E-state index contributed by atoms with van der Waals surface area (Å²) in [6.07, 6.45) is 1.93. The van der Waals surface area contributed by atoms with Crippen molar-refractivity contribution in [3.63, 3.8) is 0 Å². The normalized spacial score (nSPS) is 22.4. The third-order valence-corrected chi connectivity index (χ3v) is 6.34. The van der Waals surface area contributed by atoms with E-state index < -0.39 is 16.1 Å². The molecule has 0 spiro atoms. The molecule has 6 heteroatoms. The first-order valence-corrected chi connectivity index (χ1v) is 9.24.